The molecule has 3 aromatic rings. The van der Waals surface area contributed by atoms with E-state index < -0.39 is 11.7 Å². The van der Waals surface area contributed by atoms with Crippen LogP contribution in [0.25, 0.3) is 11.0 Å². The average Bonchev–Trinajstić information content (AvgIpc) is 3.06. The minimum absolute atomic E-state index is 0.201. The molecule has 10 heteroatoms. The summed E-state index contributed by atoms with van der Waals surface area (Å²) in [5.74, 6) is 0.396. The monoisotopic (exact) mass is 524 g/mol. The van der Waals surface area contributed by atoms with Gasteiger partial charge in [-0.05, 0) is 63.6 Å². The predicted molar refractivity (Wildman–Crippen MR) is 145 cm³/mol. The van der Waals surface area contributed by atoms with Crippen molar-refractivity contribution >= 4 is 40.6 Å². The summed E-state index contributed by atoms with van der Waals surface area (Å²) in [5.41, 5.74) is 2.79. The molecule has 196 valence electrons. The summed E-state index contributed by atoms with van der Waals surface area (Å²) in [6.45, 7) is 13.0. The maximum absolute atomic E-state index is 13.1. The molecular formula is C27H33ClN6O3. The van der Waals surface area contributed by atoms with Crippen LogP contribution in [-0.2, 0) is 16.1 Å². The van der Waals surface area contributed by atoms with E-state index in [0.717, 1.165) is 22.3 Å². The molecule has 1 fully saturated rings. The second kappa shape index (κ2) is 10.8. The fraction of sp³-hybridized carbons (Fsp3) is 0.407. The minimum atomic E-state index is -0.643. The Kier molecular flexibility index (Phi) is 7.73. The number of carbonyl (C=O) groups excluding carboxylic acids is 2. The first kappa shape index (κ1) is 26.5. The van der Waals surface area contributed by atoms with Gasteiger partial charge in [0.15, 0.2) is 0 Å². The first-order chi connectivity index (χ1) is 17.6. The van der Waals surface area contributed by atoms with Gasteiger partial charge in [-0.2, -0.15) is 0 Å². The number of pyridine rings is 1. The molecule has 9 nitrogen and oxygen atoms in total. The smallest absolute Gasteiger partial charge is 0.410 e. The Balaban J connectivity index is 1.75. The Bertz CT molecular complexity index is 1320. The number of halogens is 1. The van der Waals surface area contributed by atoms with E-state index in [0.29, 0.717) is 43.7 Å². The van der Waals surface area contributed by atoms with E-state index in [4.69, 9.17) is 21.3 Å². The van der Waals surface area contributed by atoms with Gasteiger partial charge >= 0.3 is 6.09 Å². The zero-order valence-corrected chi connectivity index (χ0v) is 22.5. The summed E-state index contributed by atoms with van der Waals surface area (Å²) in [6.07, 6.45) is 2.64. The van der Waals surface area contributed by atoms with Gasteiger partial charge in [0.1, 0.15) is 5.60 Å². The molecule has 1 saturated heterocycles. The summed E-state index contributed by atoms with van der Waals surface area (Å²) >= 11 is 6.69. The third-order valence-corrected chi connectivity index (χ3v) is 6.38. The van der Waals surface area contributed by atoms with Crippen molar-refractivity contribution in [1.29, 1.82) is 0 Å². The number of ether oxygens (including phenoxy) is 1. The number of imidazole rings is 1. The number of hydrogen-bond acceptors (Lipinski definition) is 6. The van der Waals surface area contributed by atoms with Gasteiger partial charge in [-0.3, -0.25) is 9.78 Å². The van der Waals surface area contributed by atoms with Crippen LogP contribution in [0.1, 0.15) is 38.1 Å². The first-order valence-corrected chi connectivity index (χ1v) is 12.6. The summed E-state index contributed by atoms with van der Waals surface area (Å²) in [5, 5.41) is 3.97. The van der Waals surface area contributed by atoms with Crippen molar-refractivity contribution in [2.75, 3.05) is 31.5 Å². The van der Waals surface area contributed by atoms with Crippen LogP contribution in [0.3, 0.4) is 0 Å². The molecule has 1 aliphatic heterocycles. The summed E-state index contributed by atoms with van der Waals surface area (Å²) in [4.78, 5) is 38.2. The Hall–Kier alpha value is -3.59. The highest BCUT2D eigenvalue weighted by atomic mass is 35.5. The number of anilines is 1. The number of nitrogens with zero attached hydrogens (tertiary/aromatic N) is 5. The Morgan fingerprint density at radius 3 is 2.65 bits per heavy atom. The number of benzene rings is 1. The van der Waals surface area contributed by atoms with Crippen molar-refractivity contribution in [1.82, 2.24) is 24.3 Å². The molecule has 1 aromatic carbocycles. The van der Waals surface area contributed by atoms with E-state index in [2.05, 4.69) is 16.9 Å². The van der Waals surface area contributed by atoms with Gasteiger partial charge in [-0.25, -0.2) is 9.78 Å². The van der Waals surface area contributed by atoms with E-state index >= 15 is 0 Å². The summed E-state index contributed by atoms with van der Waals surface area (Å²) in [6, 6.07) is 9.17. The zero-order chi connectivity index (χ0) is 26.7. The number of rotatable bonds is 5. The number of hydrogen-bond donors (Lipinski definition) is 1. The number of para-hydroxylation sites is 1. The fourth-order valence-corrected chi connectivity index (χ4v) is 4.72. The molecule has 0 bridgehead atoms. The molecule has 37 heavy (non-hydrogen) atoms. The third-order valence-electron chi connectivity index (χ3n) is 6.08. The maximum Gasteiger partial charge on any atom is 0.410 e. The summed E-state index contributed by atoms with van der Waals surface area (Å²) < 4.78 is 7.67. The standard InChI is InChI=1S/C27H33ClN6O3/c1-6-23(35)32-12-13-33(26(36)37-27(3,4)5)17-20(16-32)34-24-21(28)8-7-9-22(24)31-25(34)30-15-19-10-11-29-18(2)14-19/h6-11,14,20H,1,12-13,15-17H2,2-5H3,(H,30,31). The zero-order valence-electron chi connectivity index (χ0n) is 21.7. The highest BCUT2D eigenvalue weighted by Gasteiger charge is 2.33. The third kappa shape index (κ3) is 6.22. The van der Waals surface area contributed by atoms with Crippen molar-refractivity contribution in [3.05, 3.63) is 65.5 Å². The molecule has 1 unspecified atom stereocenters. The lowest BCUT2D eigenvalue weighted by atomic mass is 10.2. The largest absolute Gasteiger partial charge is 0.444 e. The molecular weight excluding hydrogens is 492 g/mol. The van der Waals surface area contributed by atoms with Crippen LogP contribution in [0.4, 0.5) is 10.7 Å². The second-order valence-electron chi connectivity index (χ2n) is 10.1. The fourth-order valence-electron chi connectivity index (χ4n) is 4.46. The van der Waals surface area contributed by atoms with Crippen LogP contribution >= 0.6 is 11.6 Å². The molecule has 1 atom stereocenters. The van der Waals surface area contributed by atoms with Crippen LogP contribution < -0.4 is 5.32 Å². The van der Waals surface area contributed by atoms with Gasteiger partial charge in [0.25, 0.3) is 0 Å². The molecule has 2 aromatic heterocycles. The molecule has 0 radical (unpaired) electrons. The van der Waals surface area contributed by atoms with E-state index in [-0.39, 0.29) is 11.9 Å². The first-order valence-electron chi connectivity index (χ1n) is 12.3. The highest BCUT2D eigenvalue weighted by molar-refractivity contribution is 6.35. The van der Waals surface area contributed by atoms with Crippen molar-refractivity contribution in [2.45, 2.75) is 45.9 Å². The Labute approximate surface area is 222 Å². The molecule has 0 spiro atoms. The number of aryl methyl sites for hydroxylation is 1. The van der Waals surface area contributed by atoms with Crippen LogP contribution in [-0.4, -0.2) is 68.1 Å². The lowest BCUT2D eigenvalue weighted by Crippen LogP contribution is -2.40. The lowest BCUT2D eigenvalue weighted by Gasteiger charge is -2.29. The molecule has 4 rings (SSSR count). The number of aromatic nitrogens is 3. The summed E-state index contributed by atoms with van der Waals surface area (Å²) in [7, 11) is 0. The Morgan fingerprint density at radius 2 is 1.95 bits per heavy atom. The van der Waals surface area contributed by atoms with E-state index in [1.54, 1.807) is 16.0 Å². The Morgan fingerprint density at radius 1 is 1.22 bits per heavy atom. The normalized spacial score (nSPS) is 16.4. The molecule has 0 saturated carbocycles. The number of amides is 2. The van der Waals surface area contributed by atoms with Crippen molar-refractivity contribution < 1.29 is 14.3 Å². The topological polar surface area (TPSA) is 92.6 Å². The number of fused-ring (bicyclic) bond motifs is 1. The second-order valence-corrected chi connectivity index (χ2v) is 10.5. The quantitative estimate of drug-likeness (QED) is 0.481. The van der Waals surface area contributed by atoms with Crippen molar-refractivity contribution in [3.63, 3.8) is 0 Å². The van der Waals surface area contributed by atoms with Gasteiger partial charge < -0.3 is 24.4 Å². The van der Waals surface area contributed by atoms with Gasteiger partial charge in [0, 0.05) is 44.6 Å². The van der Waals surface area contributed by atoms with Crippen LogP contribution in [0.2, 0.25) is 5.02 Å². The maximum atomic E-state index is 13.1. The number of nitrogens with one attached hydrogen (secondary N) is 1. The van der Waals surface area contributed by atoms with E-state index in [1.165, 1.54) is 6.08 Å². The number of carbonyl (C=O) groups is 2. The predicted octanol–water partition coefficient (Wildman–Crippen LogP) is 4.81. The van der Waals surface area contributed by atoms with Gasteiger partial charge in [0.2, 0.25) is 11.9 Å². The van der Waals surface area contributed by atoms with E-state index in [9.17, 15) is 9.59 Å². The van der Waals surface area contributed by atoms with Crippen LogP contribution in [0, 0.1) is 6.92 Å². The molecule has 1 aliphatic rings. The average molecular weight is 525 g/mol. The van der Waals surface area contributed by atoms with Crippen LogP contribution in [0.15, 0.2) is 49.2 Å². The molecule has 3 heterocycles. The minimum Gasteiger partial charge on any atom is -0.444 e. The lowest BCUT2D eigenvalue weighted by molar-refractivity contribution is -0.126. The van der Waals surface area contributed by atoms with Crippen LogP contribution in [0.5, 0.6) is 0 Å². The van der Waals surface area contributed by atoms with E-state index in [1.807, 2.05) is 62.6 Å². The SMILES string of the molecule is C=CC(=O)N1CCN(C(=O)OC(C)(C)C)CC(n2c(NCc3ccnc(C)c3)nc3cccc(Cl)c32)C1. The van der Waals surface area contributed by atoms with Gasteiger partial charge in [-0.15, -0.1) is 0 Å². The highest BCUT2D eigenvalue weighted by Crippen LogP contribution is 2.32. The van der Waals surface area contributed by atoms with Gasteiger partial charge in [0.05, 0.1) is 22.1 Å². The molecule has 0 aliphatic carbocycles. The van der Waals surface area contributed by atoms with Crippen molar-refractivity contribution in [3.8, 4) is 0 Å². The molecule has 2 amide bonds. The van der Waals surface area contributed by atoms with Gasteiger partial charge in [-0.1, -0.05) is 24.2 Å². The van der Waals surface area contributed by atoms with Crippen molar-refractivity contribution in [2.24, 2.45) is 0 Å². The molecule has 1 N–H and O–H groups in total.